The van der Waals surface area contributed by atoms with Crippen molar-refractivity contribution in [3.8, 4) is 0 Å². The molecule has 2 aromatic carbocycles. The van der Waals surface area contributed by atoms with Gasteiger partial charge in [0.1, 0.15) is 0 Å². The molecule has 0 radical (unpaired) electrons. The SMILES string of the molecule is C=CC[C@H](CC(=O)N[C@H](CO)Cc1ccccc1)C(=O)N[C@H](CO)COCc1ccccc1. The molecule has 0 saturated heterocycles. The number of aliphatic hydroxyl groups is 2. The van der Waals surface area contributed by atoms with Gasteiger partial charge in [-0.05, 0) is 24.0 Å². The molecule has 0 saturated carbocycles. The van der Waals surface area contributed by atoms with E-state index in [1.807, 2.05) is 60.7 Å². The summed E-state index contributed by atoms with van der Waals surface area (Å²) in [7, 11) is 0. The summed E-state index contributed by atoms with van der Waals surface area (Å²) in [6, 6.07) is 18.1. The zero-order chi connectivity index (χ0) is 23.9. The highest BCUT2D eigenvalue weighted by atomic mass is 16.5. The molecule has 0 aromatic heterocycles. The molecule has 0 fully saturated rings. The molecule has 3 atom stereocenters. The van der Waals surface area contributed by atoms with Gasteiger partial charge in [0.05, 0.1) is 44.4 Å². The number of hydrogen-bond donors (Lipinski definition) is 4. The lowest BCUT2D eigenvalue weighted by atomic mass is 9.98. The predicted molar refractivity (Wildman–Crippen MR) is 127 cm³/mol. The zero-order valence-corrected chi connectivity index (χ0v) is 18.9. The van der Waals surface area contributed by atoms with E-state index in [1.54, 1.807) is 6.08 Å². The first-order chi connectivity index (χ1) is 16.0. The van der Waals surface area contributed by atoms with Crippen LogP contribution in [-0.4, -0.2) is 53.9 Å². The molecular formula is C26H34N2O5. The molecule has 33 heavy (non-hydrogen) atoms. The van der Waals surface area contributed by atoms with Gasteiger partial charge in [-0.25, -0.2) is 0 Å². The second kappa shape index (κ2) is 14.9. The Morgan fingerprint density at radius 1 is 0.909 bits per heavy atom. The molecule has 2 rings (SSSR count). The van der Waals surface area contributed by atoms with Gasteiger partial charge in [0.15, 0.2) is 0 Å². The van der Waals surface area contributed by atoms with Gasteiger partial charge < -0.3 is 25.6 Å². The van der Waals surface area contributed by atoms with E-state index in [4.69, 9.17) is 4.74 Å². The molecule has 7 heteroatoms. The van der Waals surface area contributed by atoms with E-state index in [0.717, 1.165) is 11.1 Å². The van der Waals surface area contributed by atoms with E-state index in [1.165, 1.54) is 0 Å². The van der Waals surface area contributed by atoms with Crippen LogP contribution in [0.5, 0.6) is 0 Å². The second-order valence-corrected chi connectivity index (χ2v) is 7.95. The maximum atomic E-state index is 12.8. The first-order valence-electron chi connectivity index (χ1n) is 11.1. The summed E-state index contributed by atoms with van der Waals surface area (Å²) in [6.45, 7) is 3.71. The fraction of sp³-hybridized carbons (Fsp3) is 0.385. The number of aliphatic hydroxyl groups excluding tert-OH is 2. The minimum absolute atomic E-state index is 0.0494. The van der Waals surface area contributed by atoms with Crippen molar-refractivity contribution >= 4 is 11.8 Å². The minimum Gasteiger partial charge on any atom is -0.394 e. The van der Waals surface area contributed by atoms with Crippen LogP contribution in [0.3, 0.4) is 0 Å². The quantitative estimate of drug-likeness (QED) is 0.308. The third-order valence-electron chi connectivity index (χ3n) is 5.16. The van der Waals surface area contributed by atoms with Crippen molar-refractivity contribution in [2.45, 2.75) is 38.0 Å². The predicted octanol–water partition coefficient (Wildman–Crippen LogP) is 1.98. The van der Waals surface area contributed by atoms with E-state index in [9.17, 15) is 19.8 Å². The van der Waals surface area contributed by atoms with Gasteiger partial charge in [0.2, 0.25) is 11.8 Å². The van der Waals surface area contributed by atoms with Gasteiger partial charge in [-0.1, -0.05) is 66.7 Å². The Kier molecular flexibility index (Phi) is 11.9. The lowest BCUT2D eigenvalue weighted by Crippen LogP contribution is -2.45. The van der Waals surface area contributed by atoms with E-state index in [0.29, 0.717) is 19.4 Å². The number of allylic oxidation sites excluding steroid dienone is 1. The normalized spacial score (nSPS) is 13.5. The highest BCUT2D eigenvalue weighted by Gasteiger charge is 2.24. The summed E-state index contributed by atoms with van der Waals surface area (Å²) in [5, 5.41) is 24.8. The van der Waals surface area contributed by atoms with Crippen LogP contribution in [0.2, 0.25) is 0 Å². The third kappa shape index (κ3) is 9.99. The summed E-state index contributed by atoms with van der Waals surface area (Å²) < 4.78 is 5.62. The first-order valence-corrected chi connectivity index (χ1v) is 11.1. The summed E-state index contributed by atoms with van der Waals surface area (Å²) in [5.74, 6) is -1.31. The number of ether oxygens (including phenoxy) is 1. The van der Waals surface area contributed by atoms with Crippen molar-refractivity contribution in [1.82, 2.24) is 10.6 Å². The fourth-order valence-electron chi connectivity index (χ4n) is 3.41. The van der Waals surface area contributed by atoms with Gasteiger partial charge in [0.25, 0.3) is 0 Å². The monoisotopic (exact) mass is 454 g/mol. The maximum absolute atomic E-state index is 12.8. The van der Waals surface area contributed by atoms with Crippen molar-refractivity contribution in [3.63, 3.8) is 0 Å². The molecule has 0 aliphatic carbocycles. The van der Waals surface area contributed by atoms with Gasteiger partial charge in [0, 0.05) is 6.42 Å². The number of amides is 2. The highest BCUT2D eigenvalue weighted by molar-refractivity contribution is 5.86. The lowest BCUT2D eigenvalue weighted by Gasteiger charge is -2.22. The Balaban J connectivity index is 1.84. The molecule has 0 aliphatic rings. The zero-order valence-electron chi connectivity index (χ0n) is 18.9. The molecule has 7 nitrogen and oxygen atoms in total. The average Bonchev–Trinajstić information content (AvgIpc) is 2.83. The Hall–Kier alpha value is -3.00. The lowest BCUT2D eigenvalue weighted by molar-refractivity contribution is -0.131. The van der Waals surface area contributed by atoms with Crippen molar-refractivity contribution in [2.24, 2.45) is 5.92 Å². The van der Waals surface area contributed by atoms with Gasteiger partial charge in [-0.2, -0.15) is 0 Å². The molecule has 2 amide bonds. The van der Waals surface area contributed by atoms with Crippen LogP contribution in [0, 0.1) is 5.92 Å². The minimum atomic E-state index is -0.637. The van der Waals surface area contributed by atoms with Crippen LogP contribution in [0.25, 0.3) is 0 Å². The smallest absolute Gasteiger partial charge is 0.224 e. The van der Waals surface area contributed by atoms with Crippen molar-refractivity contribution < 1.29 is 24.5 Å². The fourth-order valence-corrected chi connectivity index (χ4v) is 3.41. The van der Waals surface area contributed by atoms with Crippen LogP contribution >= 0.6 is 0 Å². The summed E-state index contributed by atoms with van der Waals surface area (Å²) in [6.07, 6.45) is 2.34. The van der Waals surface area contributed by atoms with Crippen molar-refractivity contribution in [1.29, 1.82) is 0 Å². The molecule has 4 N–H and O–H groups in total. The molecule has 2 aromatic rings. The number of carbonyl (C=O) groups is 2. The largest absolute Gasteiger partial charge is 0.394 e. The van der Waals surface area contributed by atoms with Crippen LogP contribution in [0.4, 0.5) is 0 Å². The first kappa shape index (κ1) is 26.3. The van der Waals surface area contributed by atoms with Gasteiger partial charge in [-0.15, -0.1) is 6.58 Å². The van der Waals surface area contributed by atoms with Crippen molar-refractivity contribution in [2.75, 3.05) is 19.8 Å². The summed E-state index contributed by atoms with van der Waals surface area (Å²) in [5.41, 5.74) is 1.99. The van der Waals surface area contributed by atoms with Gasteiger partial charge in [-0.3, -0.25) is 9.59 Å². The summed E-state index contributed by atoms with van der Waals surface area (Å²) >= 11 is 0. The average molecular weight is 455 g/mol. The van der Waals surface area contributed by atoms with Crippen LogP contribution in [-0.2, 0) is 27.4 Å². The molecule has 178 valence electrons. The molecule has 0 aliphatic heterocycles. The van der Waals surface area contributed by atoms with Gasteiger partial charge >= 0.3 is 0 Å². The number of nitrogens with one attached hydrogen (secondary N) is 2. The molecule has 0 heterocycles. The Labute approximate surface area is 195 Å². The number of hydrogen-bond acceptors (Lipinski definition) is 5. The topological polar surface area (TPSA) is 108 Å². The molecule has 0 bridgehead atoms. The third-order valence-corrected chi connectivity index (χ3v) is 5.16. The Morgan fingerprint density at radius 2 is 1.52 bits per heavy atom. The van der Waals surface area contributed by atoms with Crippen molar-refractivity contribution in [3.05, 3.63) is 84.4 Å². The highest BCUT2D eigenvalue weighted by Crippen LogP contribution is 2.12. The Morgan fingerprint density at radius 3 is 2.09 bits per heavy atom. The number of carbonyl (C=O) groups excluding carboxylic acids is 2. The number of benzene rings is 2. The standard InChI is InChI=1S/C26H34N2O5/c1-2-9-22(15-25(31)27-23(16-29)14-20-10-5-3-6-11-20)26(32)28-24(17-30)19-33-18-21-12-7-4-8-13-21/h2-8,10-13,22-24,29-30H,1,9,14-19H2,(H,27,31)(H,28,32)/t22-,23+,24-/m1/s1. The van der Waals surface area contributed by atoms with E-state index in [2.05, 4.69) is 17.2 Å². The molecule has 0 spiro atoms. The van der Waals surface area contributed by atoms with Crippen LogP contribution in [0.15, 0.2) is 73.3 Å². The molecular weight excluding hydrogens is 420 g/mol. The van der Waals surface area contributed by atoms with Crippen LogP contribution < -0.4 is 10.6 Å². The van der Waals surface area contributed by atoms with E-state index in [-0.39, 0.29) is 38.1 Å². The second-order valence-electron chi connectivity index (χ2n) is 7.95. The number of rotatable bonds is 15. The molecule has 0 unspecified atom stereocenters. The Bertz CT molecular complexity index is 844. The maximum Gasteiger partial charge on any atom is 0.224 e. The summed E-state index contributed by atoms with van der Waals surface area (Å²) in [4.78, 5) is 25.3. The van der Waals surface area contributed by atoms with Crippen LogP contribution in [0.1, 0.15) is 24.0 Å². The van der Waals surface area contributed by atoms with E-state index >= 15 is 0 Å². The van der Waals surface area contributed by atoms with E-state index < -0.39 is 18.0 Å².